The minimum Gasteiger partial charge on any atom is -0.497 e. The molecule has 0 bridgehead atoms. The van der Waals surface area contributed by atoms with Crippen LogP contribution in [0.5, 0.6) is 5.75 Å². The van der Waals surface area contributed by atoms with Crippen LogP contribution >= 0.6 is 0 Å². The lowest BCUT2D eigenvalue weighted by molar-refractivity contribution is -0.114. The van der Waals surface area contributed by atoms with Crippen LogP contribution in [0, 0.1) is 11.6 Å². The minimum atomic E-state index is -0.515. The molecule has 0 atom stereocenters. The molecule has 0 spiro atoms. The normalized spacial score (nSPS) is 10.0. The smallest absolute Gasteiger partial charge is 0.243 e. The zero-order chi connectivity index (χ0) is 15.2. The second-order valence-corrected chi connectivity index (χ2v) is 4.26. The number of hydrogen-bond donors (Lipinski definition) is 2. The second kappa shape index (κ2) is 6.69. The van der Waals surface area contributed by atoms with Crippen molar-refractivity contribution in [3.05, 3.63) is 54.1 Å². The van der Waals surface area contributed by atoms with E-state index in [0.29, 0.717) is 11.4 Å². The number of amides is 1. The van der Waals surface area contributed by atoms with Gasteiger partial charge >= 0.3 is 0 Å². The average Bonchev–Trinajstić information content (AvgIpc) is 2.47. The highest BCUT2D eigenvalue weighted by Crippen LogP contribution is 2.19. The number of benzene rings is 2. The average molecular weight is 292 g/mol. The standard InChI is InChI=1S/C15H14F2N2O2/c1-21-12-7-10(16)6-11(8-12)18-9-15(20)19-14-5-3-2-4-13(14)17/h2-8,18H,9H2,1H3,(H,19,20). The molecule has 4 nitrogen and oxygen atoms in total. The molecule has 2 aromatic carbocycles. The highest BCUT2D eigenvalue weighted by atomic mass is 19.1. The maximum Gasteiger partial charge on any atom is 0.243 e. The Kier molecular flexibility index (Phi) is 4.71. The summed E-state index contributed by atoms with van der Waals surface area (Å²) in [4.78, 5) is 11.7. The molecule has 0 unspecified atom stereocenters. The molecule has 0 aliphatic rings. The summed E-state index contributed by atoms with van der Waals surface area (Å²) >= 11 is 0. The minimum absolute atomic E-state index is 0.0983. The lowest BCUT2D eigenvalue weighted by atomic mass is 10.3. The van der Waals surface area contributed by atoms with Crippen molar-refractivity contribution < 1.29 is 18.3 Å². The van der Waals surface area contributed by atoms with E-state index in [9.17, 15) is 13.6 Å². The summed E-state index contributed by atoms with van der Waals surface area (Å²) in [6.45, 7) is -0.124. The van der Waals surface area contributed by atoms with Crippen LogP contribution in [0.1, 0.15) is 0 Å². The van der Waals surface area contributed by atoms with E-state index in [-0.39, 0.29) is 12.2 Å². The monoisotopic (exact) mass is 292 g/mol. The lowest BCUT2D eigenvalue weighted by Crippen LogP contribution is -2.22. The third-order valence-corrected chi connectivity index (χ3v) is 2.71. The Morgan fingerprint density at radius 3 is 2.67 bits per heavy atom. The van der Waals surface area contributed by atoms with Gasteiger partial charge in [0.1, 0.15) is 17.4 Å². The van der Waals surface area contributed by atoms with Gasteiger partial charge in [0, 0.05) is 17.8 Å². The molecule has 2 aromatic rings. The molecule has 0 saturated carbocycles. The molecule has 6 heteroatoms. The highest BCUT2D eigenvalue weighted by Gasteiger charge is 2.07. The van der Waals surface area contributed by atoms with Gasteiger partial charge in [0.25, 0.3) is 0 Å². The Morgan fingerprint density at radius 2 is 1.95 bits per heavy atom. The van der Waals surface area contributed by atoms with Crippen LogP contribution in [0.25, 0.3) is 0 Å². The molecule has 110 valence electrons. The van der Waals surface area contributed by atoms with Crippen LogP contribution in [0.3, 0.4) is 0 Å². The fourth-order valence-electron chi connectivity index (χ4n) is 1.72. The van der Waals surface area contributed by atoms with E-state index in [0.717, 1.165) is 0 Å². The number of carbonyl (C=O) groups is 1. The van der Waals surface area contributed by atoms with E-state index in [1.165, 1.54) is 37.4 Å². The van der Waals surface area contributed by atoms with Crippen LogP contribution in [0.2, 0.25) is 0 Å². The van der Waals surface area contributed by atoms with Crippen LogP contribution in [0.4, 0.5) is 20.2 Å². The number of ether oxygens (including phenoxy) is 1. The van der Waals surface area contributed by atoms with Gasteiger partial charge in [0.2, 0.25) is 5.91 Å². The Morgan fingerprint density at radius 1 is 1.19 bits per heavy atom. The van der Waals surface area contributed by atoms with Crippen molar-refractivity contribution in [2.45, 2.75) is 0 Å². The van der Waals surface area contributed by atoms with Gasteiger partial charge in [-0.15, -0.1) is 0 Å². The number of carbonyl (C=O) groups excluding carboxylic acids is 1. The number of rotatable bonds is 5. The van der Waals surface area contributed by atoms with Crippen molar-refractivity contribution in [2.24, 2.45) is 0 Å². The van der Waals surface area contributed by atoms with Gasteiger partial charge in [-0.1, -0.05) is 12.1 Å². The first kappa shape index (κ1) is 14.8. The van der Waals surface area contributed by atoms with E-state index < -0.39 is 17.5 Å². The Bertz CT molecular complexity index is 647. The zero-order valence-corrected chi connectivity index (χ0v) is 11.3. The number of halogens is 2. The molecule has 0 saturated heterocycles. The Hall–Kier alpha value is -2.63. The quantitative estimate of drug-likeness (QED) is 0.890. The van der Waals surface area contributed by atoms with Crippen molar-refractivity contribution in [1.82, 2.24) is 0 Å². The van der Waals surface area contributed by atoms with Crippen molar-refractivity contribution in [1.29, 1.82) is 0 Å². The van der Waals surface area contributed by atoms with Crippen LogP contribution in [-0.2, 0) is 4.79 Å². The predicted octanol–water partition coefficient (Wildman–Crippen LogP) is 3.02. The third kappa shape index (κ3) is 4.17. The summed E-state index contributed by atoms with van der Waals surface area (Å²) < 4.78 is 31.6. The van der Waals surface area contributed by atoms with E-state index in [1.807, 2.05) is 0 Å². The predicted molar refractivity (Wildman–Crippen MR) is 76.5 cm³/mol. The zero-order valence-electron chi connectivity index (χ0n) is 11.3. The summed E-state index contributed by atoms with van der Waals surface area (Å²) in [7, 11) is 1.42. The molecule has 2 rings (SSSR count). The van der Waals surface area contributed by atoms with Crippen LogP contribution < -0.4 is 15.4 Å². The fraction of sp³-hybridized carbons (Fsp3) is 0.133. The van der Waals surface area contributed by atoms with Crippen molar-refractivity contribution in [3.8, 4) is 5.75 Å². The number of methoxy groups -OCH3 is 1. The van der Waals surface area contributed by atoms with Gasteiger partial charge in [0.05, 0.1) is 19.3 Å². The molecule has 1 amide bonds. The number of anilines is 2. The van der Waals surface area contributed by atoms with E-state index in [2.05, 4.69) is 10.6 Å². The van der Waals surface area contributed by atoms with Gasteiger partial charge < -0.3 is 15.4 Å². The number of nitrogens with one attached hydrogen (secondary N) is 2. The first-order valence-corrected chi connectivity index (χ1v) is 6.21. The molecule has 0 aliphatic carbocycles. The third-order valence-electron chi connectivity index (χ3n) is 2.71. The Labute approximate surface area is 120 Å². The first-order chi connectivity index (χ1) is 10.1. The summed E-state index contributed by atoms with van der Waals surface area (Å²) in [6, 6.07) is 9.87. The summed E-state index contributed by atoms with van der Waals surface area (Å²) in [5.41, 5.74) is 0.497. The highest BCUT2D eigenvalue weighted by molar-refractivity contribution is 5.93. The van der Waals surface area contributed by atoms with E-state index in [1.54, 1.807) is 12.1 Å². The van der Waals surface area contributed by atoms with Crippen molar-refractivity contribution in [2.75, 3.05) is 24.3 Å². The molecular formula is C15H14F2N2O2. The first-order valence-electron chi connectivity index (χ1n) is 6.21. The van der Waals surface area contributed by atoms with Gasteiger partial charge in [-0.3, -0.25) is 4.79 Å². The molecule has 0 heterocycles. The van der Waals surface area contributed by atoms with Crippen molar-refractivity contribution in [3.63, 3.8) is 0 Å². The number of hydrogen-bond acceptors (Lipinski definition) is 3. The fourth-order valence-corrected chi connectivity index (χ4v) is 1.72. The molecule has 2 N–H and O–H groups in total. The van der Waals surface area contributed by atoms with Crippen LogP contribution in [0.15, 0.2) is 42.5 Å². The van der Waals surface area contributed by atoms with E-state index >= 15 is 0 Å². The maximum absolute atomic E-state index is 13.4. The summed E-state index contributed by atoms with van der Waals surface area (Å²) in [5, 5.41) is 5.17. The van der Waals surface area contributed by atoms with Crippen molar-refractivity contribution >= 4 is 17.3 Å². The van der Waals surface area contributed by atoms with E-state index in [4.69, 9.17) is 4.74 Å². The molecular weight excluding hydrogens is 278 g/mol. The summed E-state index contributed by atoms with van der Waals surface area (Å²) in [5.74, 6) is -1.10. The van der Waals surface area contributed by atoms with Gasteiger partial charge in [-0.05, 0) is 18.2 Å². The molecule has 0 radical (unpaired) electrons. The Balaban J connectivity index is 1.95. The summed E-state index contributed by atoms with van der Waals surface area (Å²) in [6.07, 6.45) is 0. The SMILES string of the molecule is COc1cc(F)cc(NCC(=O)Nc2ccccc2F)c1. The number of para-hydroxylation sites is 1. The largest absolute Gasteiger partial charge is 0.497 e. The molecule has 0 fully saturated rings. The van der Waals surface area contributed by atoms with Crippen LogP contribution in [-0.4, -0.2) is 19.6 Å². The molecule has 0 aromatic heterocycles. The maximum atomic E-state index is 13.4. The topological polar surface area (TPSA) is 50.4 Å². The lowest BCUT2D eigenvalue weighted by Gasteiger charge is -2.09. The van der Waals surface area contributed by atoms with Gasteiger partial charge in [0.15, 0.2) is 0 Å². The second-order valence-electron chi connectivity index (χ2n) is 4.26. The molecule has 21 heavy (non-hydrogen) atoms. The van der Waals surface area contributed by atoms with Gasteiger partial charge in [-0.2, -0.15) is 0 Å². The molecule has 0 aliphatic heterocycles. The van der Waals surface area contributed by atoms with Gasteiger partial charge in [-0.25, -0.2) is 8.78 Å².